The first kappa shape index (κ1) is 12.0. The first-order chi connectivity index (χ1) is 7.88. The normalized spacial score (nSPS) is 57.5. The van der Waals surface area contributed by atoms with E-state index < -0.39 is 5.60 Å². The summed E-state index contributed by atoms with van der Waals surface area (Å²) in [6, 6.07) is 0. The average Bonchev–Trinajstić information content (AvgIpc) is 2.78. The van der Waals surface area contributed by atoms with Crippen molar-refractivity contribution >= 4 is 0 Å². The monoisotopic (exact) mass is 238 g/mol. The molecule has 2 saturated carbocycles. The number of fused-ring (bicyclic) bond motifs is 3. The van der Waals surface area contributed by atoms with Gasteiger partial charge in [-0.25, -0.2) is 0 Å². The van der Waals surface area contributed by atoms with Crippen molar-refractivity contribution in [2.75, 3.05) is 0 Å². The van der Waals surface area contributed by atoms with Crippen LogP contribution in [0.25, 0.3) is 0 Å². The molecule has 0 bridgehead atoms. The van der Waals surface area contributed by atoms with Crippen molar-refractivity contribution in [3.63, 3.8) is 0 Å². The van der Waals surface area contributed by atoms with Crippen molar-refractivity contribution in [1.82, 2.24) is 0 Å². The van der Waals surface area contributed by atoms with E-state index in [4.69, 9.17) is 4.74 Å². The highest BCUT2D eigenvalue weighted by Gasteiger charge is 2.65. The predicted octanol–water partition coefficient (Wildman–Crippen LogP) is 2.99. The van der Waals surface area contributed by atoms with Crippen molar-refractivity contribution in [1.29, 1.82) is 0 Å². The molecule has 1 aliphatic heterocycles. The van der Waals surface area contributed by atoms with Crippen molar-refractivity contribution in [2.24, 2.45) is 23.7 Å². The van der Waals surface area contributed by atoms with E-state index in [1.54, 1.807) is 0 Å². The van der Waals surface area contributed by atoms with Gasteiger partial charge in [-0.1, -0.05) is 20.8 Å². The van der Waals surface area contributed by atoms with Gasteiger partial charge in [0.1, 0.15) is 0 Å². The zero-order valence-electron chi connectivity index (χ0n) is 11.6. The third-order valence-corrected chi connectivity index (χ3v) is 6.01. The van der Waals surface area contributed by atoms with Crippen molar-refractivity contribution in [3.05, 3.63) is 0 Å². The third kappa shape index (κ3) is 1.53. The summed E-state index contributed by atoms with van der Waals surface area (Å²) >= 11 is 0. The predicted molar refractivity (Wildman–Crippen MR) is 67.7 cm³/mol. The quantitative estimate of drug-likeness (QED) is 0.712. The first-order valence-electron chi connectivity index (χ1n) is 7.29. The summed E-state index contributed by atoms with van der Waals surface area (Å²) in [5, 5.41) is 11.1. The molecule has 1 saturated heterocycles. The van der Waals surface area contributed by atoms with Gasteiger partial charge in [0.05, 0.1) is 17.3 Å². The average molecular weight is 238 g/mol. The SMILES string of the molecule is CC(C)[C@]1(O)CC[C@@]2(C)O[C@H]2[C@H]2[C@H](C)CC[C@H]21. The Kier molecular flexibility index (Phi) is 2.45. The molecule has 0 unspecified atom stereocenters. The van der Waals surface area contributed by atoms with Crippen molar-refractivity contribution in [2.45, 2.75) is 70.7 Å². The van der Waals surface area contributed by atoms with E-state index in [9.17, 15) is 5.11 Å². The molecule has 3 rings (SSSR count). The minimum absolute atomic E-state index is 0.0842. The maximum absolute atomic E-state index is 11.1. The van der Waals surface area contributed by atoms with Crippen LogP contribution in [0.3, 0.4) is 0 Å². The minimum atomic E-state index is -0.449. The minimum Gasteiger partial charge on any atom is -0.389 e. The Morgan fingerprint density at radius 1 is 1.24 bits per heavy atom. The molecule has 2 aliphatic carbocycles. The van der Waals surface area contributed by atoms with Crippen LogP contribution >= 0.6 is 0 Å². The molecule has 6 atom stereocenters. The lowest BCUT2D eigenvalue weighted by Crippen LogP contribution is -2.45. The second-order valence-corrected chi connectivity index (χ2v) is 7.24. The summed E-state index contributed by atoms with van der Waals surface area (Å²) in [5.41, 5.74) is -0.365. The lowest BCUT2D eigenvalue weighted by atomic mass is 9.71. The molecule has 1 heterocycles. The Morgan fingerprint density at radius 2 is 1.94 bits per heavy atom. The van der Waals surface area contributed by atoms with Gasteiger partial charge in [-0.15, -0.1) is 0 Å². The Bertz CT molecular complexity index is 327. The number of epoxide rings is 1. The molecular formula is C15H26O2. The van der Waals surface area contributed by atoms with Crippen LogP contribution in [0.5, 0.6) is 0 Å². The molecule has 2 nitrogen and oxygen atoms in total. The molecule has 0 aromatic carbocycles. The molecule has 1 N–H and O–H groups in total. The van der Waals surface area contributed by atoms with Gasteiger partial charge in [0, 0.05) is 0 Å². The number of rotatable bonds is 1. The standard InChI is InChI=1S/C15H26O2/c1-9(2)15(16)8-7-14(4)13(17-14)12-10(3)5-6-11(12)15/h9-13,16H,5-8H2,1-4H3/t10-,11-,12+,13+,14-,15-/m1/s1. The Labute approximate surface area is 105 Å². The fourth-order valence-corrected chi connectivity index (χ4v) is 4.61. The van der Waals surface area contributed by atoms with Gasteiger partial charge >= 0.3 is 0 Å². The second kappa shape index (κ2) is 3.48. The lowest BCUT2D eigenvalue weighted by Gasteiger charge is -2.40. The maximum Gasteiger partial charge on any atom is 0.0924 e. The molecule has 0 amide bonds. The van der Waals surface area contributed by atoms with Crippen LogP contribution in [0.1, 0.15) is 53.4 Å². The Balaban J connectivity index is 1.95. The summed E-state index contributed by atoms with van der Waals surface area (Å²) in [6.45, 7) is 8.95. The van der Waals surface area contributed by atoms with Crippen molar-refractivity contribution < 1.29 is 9.84 Å². The van der Waals surface area contributed by atoms with Crippen LogP contribution in [0.4, 0.5) is 0 Å². The molecule has 3 fully saturated rings. The highest BCUT2D eigenvalue weighted by atomic mass is 16.6. The van der Waals surface area contributed by atoms with E-state index in [0.717, 1.165) is 18.8 Å². The van der Waals surface area contributed by atoms with Crippen LogP contribution < -0.4 is 0 Å². The molecule has 17 heavy (non-hydrogen) atoms. The van der Waals surface area contributed by atoms with E-state index in [0.29, 0.717) is 23.9 Å². The summed E-state index contributed by atoms with van der Waals surface area (Å²) in [6.07, 6.45) is 4.84. The highest BCUT2D eigenvalue weighted by molar-refractivity contribution is 5.14. The van der Waals surface area contributed by atoms with Crippen LogP contribution in [0.2, 0.25) is 0 Å². The van der Waals surface area contributed by atoms with Gasteiger partial charge in [0.2, 0.25) is 0 Å². The molecule has 98 valence electrons. The van der Waals surface area contributed by atoms with Gasteiger partial charge in [0.25, 0.3) is 0 Å². The largest absolute Gasteiger partial charge is 0.389 e. The molecule has 0 radical (unpaired) electrons. The zero-order chi connectivity index (χ0) is 12.4. The van der Waals surface area contributed by atoms with Gasteiger partial charge in [-0.2, -0.15) is 0 Å². The number of aliphatic hydroxyl groups is 1. The molecule has 0 aromatic rings. The van der Waals surface area contributed by atoms with Crippen LogP contribution in [0.15, 0.2) is 0 Å². The van der Waals surface area contributed by atoms with Crippen LogP contribution in [0, 0.1) is 23.7 Å². The lowest BCUT2D eigenvalue weighted by molar-refractivity contribution is -0.0857. The summed E-state index contributed by atoms with van der Waals surface area (Å²) < 4.78 is 5.99. The number of hydrogen-bond acceptors (Lipinski definition) is 2. The molecule has 0 spiro atoms. The van der Waals surface area contributed by atoms with Gasteiger partial charge in [0.15, 0.2) is 0 Å². The van der Waals surface area contributed by atoms with Crippen LogP contribution in [-0.2, 0) is 4.74 Å². The Hall–Kier alpha value is -0.0800. The van der Waals surface area contributed by atoms with E-state index in [-0.39, 0.29) is 5.60 Å². The van der Waals surface area contributed by atoms with E-state index in [2.05, 4.69) is 27.7 Å². The number of ether oxygens (including phenoxy) is 1. The fourth-order valence-electron chi connectivity index (χ4n) is 4.61. The molecular weight excluding hydrogens is 212 g/mol. The van der Waals surface area contributed by atoms with E-state index in [1.807, 2.05) is 0 Å². The Morgan fingerprint density at radius 3 is 2.59 bits per heavy atom. The van der Waals surface area contributed by atoms with Gasteiger partial charge < -0.3 is 9.84 Å². The van der Waals surface area contributed by atoms with E-state index >= 15 is 0 Å². The van der Waals surface area contributed by atoms with Gasteiger partial charge in [-0.3, -0.25) is 0 Å². The van der Waals surface area contributed by atoms with Crippen LogP contribution in [-0.4, -0.2) is 22.4 Å². The topological polar surface area (TPSA) is 32.8 Å². The third-order valence-electron chi connectivity index (χ3n) is 6.01. The smallest absolute Gasteiger partial charge is 0.0924 e. The van der Waals surface area contributed by atoms with Gasteiger partial charge in [-0.05, 0) is 56.3 Å². The molecule has 2 heteroatoms. The number of hydrogen-bond donors (Lipinski definition) is 1. The summed E-state index contributed by atoms with van der Waals surface area (Å²) in [4.78, 5) is 0. The van der Waals surface area contributed by atoms with E-state index in [1.165, 1.54) is 12.8 Å². The second-order valence-electron chi connectivity index (χ2n) is 7.24. The highest BCUT2D eigenvalue weighted by Crippen LogP contribution is 2.60. The fraction of sp³-hybridized carbons (Fsp3) is 1.00. The summed E-state index contributed by atoms with van der Waals surface area (Å²) in [5.74, 6) is 2.14. The van der Waals surface area contributed by atoms with Crippen molar-refractivity contribution in [3.8, 4) is 0 Å². The molecule has 0 aromatic heterocycles. The maximum atomic E-state index is 11.1. The summed E-state index contributed by atoms with van der Waals surface area (Å²) in [7, 11) is 0. The molecule has 3 aliphatic rings. The first-order valence-corrected chi connectivity index (χ1v) is 7.29. The zero-order valence-corrected chi connectivity index (χ0v) is 11.6.